The van der Waals surface area contributed by atoms with Crippen LogP contribution in [0.4, 0.5) is 11.4 Å². The lowest BCUT2D eigenvalue weighted by molar-refractivity contribution is -0.118. The fourth-order valence-corrected chi connectivity index (χ4v) is 2.65. The zero-order valence-corrected chi connectivity index (χ0v) is 15.2. The quantitative estimate of drug-likeness (QED) is 0.905. The van der Waals surface area contributed by atoms with E-state index in [9.17, 15) is 14.4 Å². The van der Waals surface area contributed by atoms with E-state index < -0.39 is 0 Å². The van der Waals surface area contributed by atoms with Gasteiger partial charge in [0, 0.05) is 38.2 Å². The van der Waals surface area contributed by atoms with Crippen molar-refractivity contribution < 1.29 is 14.4 Å². The molecule has 1 heterocycles. The van der Waals surface area contributed by atoms with E-state index in [2.05, 4.69) is 10.4 Å². The summed E-state index contributed by atoms with van der Waals surface area (Å²) in [6.07, 6.45) is 0.503. The number of anilines is 2. The fraction of sp³-hybridized carbons (Fsp3) is 0.200. The van der Waals surface area contributed by atoms with Gasteiger partial charge in [0.1, 0.15) is 5.71 Å². The lowest BCUT2D eigenvalue weighted by atomic mass is 10.1. The third-order valence-electron chi connectivity index (χ3n) is 4.09. The van der Waals surface area contributed by atoms with Crippen molar-refractivity contribution in [1.82, 2.24) is 4.90 Å². The van der Waals surface area contributed by atoms with Gasteiger partial charge in [0.05, 0.1) is 5.69 Å². The molecule has 27 heavy (non-hydrogen) atoms. The van der Waals surface area contributed by atoms with Gasteiger partial charge in [-0.2, -0.15) is 5.10 Å². The summed E-state index contributed by atoms with van der Waals surface area (Å²) < 4.78 is 0. The first kappa shape index (κ1) is 18.3. The van der Waals surface area contributed by atoms with Crippen molar-refractivity contribution in [3.05, 3.63) is 60.2 Å². The van der Waals surface area contributed by atoms with Crippen LogP contribution in [0.1, 0.15) is 23.2 Å². The number of carbonyl (C=O) groups excluding carboxylic acids is 3. The maximum atomic E-state index is 12.5. The monoisotopic (exact) mass is 364 g/mol. The Hall–Kier alpha value is -3.48. The topological polar surface area (TPSA) is 82.1 Å². The molecule has 7 nitrogen and oxygen atoms in total. The summed E-state index contributed by atoms with van der Waals surface area (Å²) in [7, 11) is 3.36. The molecule has 0 aliphatic carbocycles. The van der Waals surface area contributed by atoms with E-state index in [1.165, 1.54) is 9.91 Å². The number of hydrogen-bond donors (Lipinski definition) is 1. The van der Waals surface area contributed by atoms with Gasteiger partial charge in [-0.3, -0.25) is 14.4 Å². The average molecular weight is 364 g/mol. The van der Waals surface area contributed by atoms with Crippen LogP contribution in [0.2, 0.25) is 0 Å². The summed E-state index contributed by atoms with van der Waals surface area (Å²) in [5.41, 5.74) is 2.00. The molecule has 0 bridgehead atoms. The average Bonchev–Trinajstić information content (AvgIpc) is 2.69. The smallest absolute Gasteiger partial charge is 0.271 e. The Morgan fingerprint density at radius 2 is 1.67 bits per heavy atom. The van der Waals surface area contributed by atoms with Crippen LogP contribution in [0.5, 0.6) is 0 Å². The van der Waals surface area contributed by atoms with Crippen molar-refractivity contribution in [3.8, 4) is 0 Å². The SMILES string of the molecule is CN(C)C(=O)c1ccc(NC(=O)C2=NN(c3ccccc3)C(=O)CC2)cc1. The largest absolute Gasteiger partial charge is 0.345 e. The number of hydrogen-bond acceptors (Lipinski definition) is 4. The molecule has 1 N–H and O–H groups in total. The van der Waals surface area contributed by atoms with Gasteiger partial charge in [0.25, 0.3) is 11.8 Å². The first-order chi connectivity index (χ1) is 13.0. The molecule has 1 aliphatic rings. The van der Waals surface area contributed by atoms with Gasteiger partial charge < -0.3 is 10.2 Å². The molecule has 138 valence electrons. The Kier molecular flexibility index (Phi) is 5.30. The molecule has 0 saturated heterocycles. The highest BCUT2D eigenvalue weighted by atomic mass is 16.2. The Bertz CT molecular complexity index is 889. The molecule has 3 amide bonds. The summed E-state index contributed by atoms with van der Waals surface area (Å²) >= 11 is 0. The minimum Gasteiger partial charge on any atom is -0.345 e. The number of amides is 3. The van der Waals surface area contributed by atoms with Crippen LogP contribution in [-0.2, 0) is 9.59 Å². The standard InChI is InChI=1S/C20H20N4O3/c1-23(2)20(27)14-8-10-15(11-9-14)21-19(26)17-12-13-18(25)24(22-17)16-6-4-3-5-7-16/h3-11H,12-13H2,1-2H3,(H,21,26). The van der Waals surface area contributed by atoms with Crippen LogP contribution in [-0.4, -0.2) is 42.4 Å². The zero-order valence-electron chi connectivity index (χ0n) is 15.2. The van der Waals surface area contributed by atoms with Gasteiger partial charge >= 0.3 is 0 Å². The summed E-state index contributed by atoms with van der Waals surface area (Å²) in [5, 5.41) is 8.25. The van der Waals surface area contributed by atoms with E-state index in [1.54, 1.807) is 50.5 Å². The highest BCUT2D eigenvalue weighted by Crippen LogP contribution is 2.20. The second-order valence-corrected chi connectivity index (χ2v) is 6.32. The number of benzene rings is 2. The molecule has 0 spiro atoms. The van der Waals surface area contributed by atoms with Gasteiger partial charge in [-0.25, -0.2) is 5.01 Å². The Morgan fingerprint density at radius 1 is 1.00 bits per heavy atom. The van der Waals surface area contributed by atoms with Crippen molar-refractivity contribution in [2.45, 2.75) is 12.8 Å². The summed E-state index contributed by atoms with van der Waals surface area (Å²) in [5.74, 6) is -0.624. The van der Waals surface area contributed by atoms with E-state index in [4.69, 9.17) is 0 Å². The van der Waals surface area contributed by atoms with Gasteiger partial charge in [0.2, 0.25) is 5.91 Å². The molecule has 0 fully saturated rings. The number of carbonyl (C=O) groups is 3. The molecule has 7 heteroatoms. The maximum absolute atomic E-state index is 12.5. The first-order valence-electron chi connectivity index (χ1n) is 8.54. The second-order valence-electron chi connectivity index (χ2n) is 6.32. The van der Waals surface area contributed by atoms with E-state index in [-0.39, 0.29) is 36.3 Å². The van der Waals surface area contributed by atoms with Crippen molar-refractivity contribution in [2.24, 2.45) is 5.10 Å². The number of rotatable bonds is 4. The minimum absolute atomic E-state index is 0.110. The molecule has 2 aromatic carbocycles. The maximum Gasteiger partial charge on any atom is 0.271 e. The van der Waals surface area contributed by atoms with Gasteiger partial charge in [-0.15, -0.1) is 0 Å². The summed E-state index contributed by atoms with van der Waals surface area (Å²) in [6, 6.07) is 15.6. The summed E-state index contributed by atoms with van der Waals surface area (Å²) in [6.45, 7) is 0. The molecule has 0 aromatic heterocycles. The minimum atomic E-state index is -0.366. The number of hydrazone groups is 1. The molecular weight excluding hydrogens is 344 g/mol. The van der Waals surface area contributed by atoms with Crippen LogP contribution in [0.25, 0.3) is 0 Å². The third kappa shape index (κ3) is 4.20. The van der Waals surface area contributed by atoms with E-state index in [1.807, 2.05) is 18.2 Å². The predicted molar refractivity (Wildman–Crippen MR) is 104 cm³/mol. The van der Waals surface area contributed by atoms with Crippen LogP contribution in [0.3, 0.4) is 0 Å². The third-order valence-corrected chi connectivity index (χ3v) is 4.09. The van der Waals surface area contributed by atoms with Gasteiger partial charge in [0.15, 0.2) is 0 Å². The van der Waals surface area contributed by atoms with Crippen molar-refractivity contribution >= 4 is 34.8 Å². The highest BCUT2D eigenvalue weighted by molar-refractivity contribution is 6.44. The summed E-state index contributed by atoms with van der Waals surface area (Å²) in [4.78, 5) is 38.0. The molecule has 3 rings (SSSR count). The van der Waals surface area contributed by atoms with Crippen molar-refractivity contribution in [3.63, 3.8) is 0 Å². The van der Waals surface area contributed by atoms with Crippen LogP contribution in [0, 0.1) is 0 Å². The van der Waals surface area contributed by atoms with Crippen LogP contribution >= 0.6 is 0 Å². The normalized spacial score (nSPS) is 13.8. The zero-order chi connectivity index (χ0) is 19.4. The fourth-order valence-electron chi connectivity index (χ4n) is 2.65. The van der Waals surface area contributed by atoms with Crippen LogP contribution < -0.4 is 10.3 Å². The van der Waals surface area contributed by atoms with E-state index >= 15 is 0 Å². The van der Waals surface area contributed by atoms with E-state index in [0.717, 1.165) is 0 Å². The number of para-hydroxylation sites is 1. The van der Waals surface area contributed by atoms with Gasteiger partial charge in [-0.05, 0) is 36.4 Å². The van der Waals surface area contributed by atoms with Crippen molar-refractivity contribution in [1.29, 1.82) is 0 Å². The molecule has 0 saturated carbocycles. The molecule has 0 atom stereocenters. The highest BCUT2D eigenvalue weighted by Gasteiger charge is 2.25. The number of nitrogens with one attached hydrogen (secondary N) is 1. The van der Waals surface area contributed by atoms with Crippen LogP contribution in [0.15, 0.2) is 59.7 Å². The molecule has 0 unspecified atom stereocenters. The van der Waals surface area contributed by atoms with E-state index in [0.29, 0.717) is 16.9 Å². The van der Waals surface area contributed by atoms with Gasteiger partial charge in [-0.1, -0.05) is 18.2 Å². The molecule has 0 radical (unpaired) electrons. The second kappa shape index (κ2) is 7.82. The lowest BCUT2D eigenvalue weighted by Crippen LogP contribution is -2.36. The molecule has 2 aromatic rings. The Balaban J connectivity index is 1.74. The van der Waals surface area contributed by atoms with Crippen molar-refractivity contribution in [2.75, 3.05) is 24.4 Å². The molecule has 1 aliphatic heterocycles. The Labute approximate surface area is 157 Å². The Morgan fingerprint density at radius 3 is 2.30 bits per heavy atom. The number of nitrogens with zero attached hydrogens (tertiary/aromatic N) is 3. The first-order valence-corrected chi connectivity index (χ1v) is 8.54. The lowest BCUT2D eigenvalue weighted by Gasteiger charge is -2.23. The molecular formula is C20H20N4O3. The predicted octanol–water partition coefficient (Wildman–Crippen LogP) is 2.51.